The molecule has 0 amide bonds. The molecule has 1 N–H and O–H groups in total. The van der Waals surface area contributed by atoms with E-state index >= 15 is 0 Å². The van der Waals surface area contributed by atoms with E-state index in [0.29, 0.717) is 11.8 Å². The first-order chi connectivity index (χ1) is 8.62. The quantitative estimate of drug-likeness (QED) is 0.726. The van der Waals surface area contributed by atoms with E-state index in [1.165, 1.54) is 0 Å². The van der Waals surface area contributed by atoms with E-state index in [1.807, 2.05) is 11.6 Å². The van der Waals surface area contributed by atoms with Crippen LogP contribution in [0.3, 0.4) is 0 Å². The van der Waals surface area contributed by atoms with Crippen molar-refractivity contribution in [1.29, 1.82) is 0 Å². The summed E-state index contributed by atoms with van der Waals surface area (Å²) in [6, 6.07) is 0. The maximum atomic E-state index is 5.54. The Hall–Kier alpha value is -1.02. The normalized spacial score (nSPS) is 31.8. The summed E-state index contributed by atoms with van der Waals surface area (Å²) in [4.78, 5) is 4.23. The van der Waals surface area contributed by atoms with E-state index < -0.39 is 0 Å². The van der Waals surface area contributed by atoms with Crippen LogP contribution in [0.1, 0.15) is 20.8 Å². The predicted molar refractivity (Wildman–Crippen MR) is 75.4 cm³/mol. The number of nitrogens with one attached hydrogen (secondary N) is 1. The van der Waals surface area contributed by atoms with Gasteiger partial charge < -0.3 is 4.74 Å². The van der Waals surface area contributed by atoms with Crippen molar-refractivity contribution in [3.63, 3.8) is 0 Å². The molecule has 0 aromatic carbocycles. The van der Waals surface area contributed by atoms with Gasteiger partial charge in [0.05, 0.1) is 23.5 Å². The first kappa shape index (κ1) is 12.0. The van der Waals surface area contributed by atoms with Gasteiger partial charge in [-0.3, -0.25) is 4.99 Å². The van der Waals surface area contributed by atoms with Crippen LogP contribution in [0.15, 0.2) is 10.1 Å². The molecule has 0 saturated carbocycles. The van der Waals surface area contributed by atoms with E-state index in [9.17, 15) is 0 Å². The maximum absolute atomic E-state index is 5.54. The first-order valence-electron chi connectivity index (χ1n) is 5.73. The molecule has 3 rings (SSSR count). The van der Waals surface area contributed by atoms with Crippen molar-refractivity contribution in [3.05, 3.63) is 0 Å². The zero-order valence-corrected chi connectivity index (χ0v) is 12.4. The topological polar surface area (TPSA) is 52.0 Å². The molecule has 0 aromatic rings. The Morgan fingerprint density at radius 3 is 2.83 bits per heavy atom. The van der Waals surface area contributed by atoms with E-state index in [2.05, 4.69) is 34.1 Å². The van der Waals surface area contributed by atoms with E-state index in [4.69, 9.17) is 4.74 Å². The van der Waals surface area contributed by atoms with Crippen molar-refractivity contribution < 1.29 is 14.1 Å². The summed E-state index contributed by atoms with van der Waals surface area (Å²) >= 11 is 3.26. The van der Waals surface area contributed by atoms with Crippen molar-refractivity contribution in [1.82, 2.24) is 5.43 Å². The second-order valence-electron chi connectivity index (χ2n) is 4.01. The summed E-state index contributed by atoms with van der Waals surface area (Å²) in [5.74, 6) is 0. The van der Waals surface area contributed by atoms with Crippen molar-refractivity contribution in [2.24, 2.45) is 10.1 Å². The lowest BCUT2D eigenvalue weighted by atomic mass is 10.3. The average molecular weight is 285 g/mol. The standard InChI is InChI=1S/C10H14N5OS2/c1-5-16-9-13-15-7(3)6(2)14-10(15,18-9)17-8(11-4)12-14/h5H2,1-4H3/q+1/p+1. The molecule has 3 heterocycles. The van der Waals surface area contributed by atoms with Crippen LogP contribution in [0.4, 0.5) is 0 Å². The number of nitrogens with zero attached hydrogens (tertiary/aromatic N) is 4. The number of hydrogen-bond donors (Lipinski definition) is 1. The van der Waals surface area contributed by atoms with Crippen LogP contribution in [-0.2, 0) is 4.74 Å². The van der Waals surface area contributed by atoms with Gasteiger partial charge in [0, 0.05) is 25.6 Å². The zero-order chi connectivity index (χ0) is 12.9. The molecule has 96 valence electrons. The van der Waals surface area contributed by atoms with Gasteiger partial charge in [-0.15, -0.1) is 5.43 Å². The van der Waals surface area contributed by atoms with Crippen molar-refractivity contribution in [3.8, 4) is 0 Å². The Kier molecular flexibility index (Phi) is 2.67. The number of rotatable bonds is 1. The molecular formula is C10H15N5OS2+2. The lowest BCUT2D eigenvalue weighted by molar-refractivity contribution is -0.766. The first-order valence-corrected chi connectivity index (χ1v) is 7.36. The van der Waals surface area contributed by atoms with Crippen LogP contribution < -0.4 is 5.43 Å². The molecule has 0 bridgehead atoms. The van der Waals surface area contributed by atoms with Crippen LogP contribution in [0, 0.1) is 0 Å². The average Bonchev–Trinajstić information content (AvgIpc) is 2.94. The largest absolute Gasteiger partial charge is 0.522 e. The molecule has 3 aliphatic rings. The van der Waals surface area contributed by atoms with Gasteiger partial charge in [-0.05, 0) is 11.6 Å². The molecule has 1 spiro atoms. The SMILES string of the molecule is CCOC1=N[N+]2=C(C)C(C)=[N+]3NC(=NC)SC23S1. The fourth-order valence-electron chi connectivity index (χ4n) is 2.06. The lowest BCUT2D eigenvalue weighted by Gasteiger charge is -2.02. The Morgan fingerprint density at radius 1 is 1.39 bits per heavy atom. The maximum Gasteiger partial charge on any atom is 0.522 e. The van der Waals surface area contributed by atoms with E-state index in [0.717, 1.165) is 16.6 Å². The Balaban J connectivity index is 2.06. The molecule has 3 aliphatic heterocycles. The zero-order valence-electron chi connectivity index (χ0n) is 10.7. The summed E-state index contributed by atoms with van der Waals surface area (Å²) in [5.41, 5.74) is 5.60. The van der Waals surface area contributed by atoms with Gasteiger partial charge in [0.1, 0.15) is 11.8 Å². The minimum atomic E-state index is -0.340. The van der Waals surface area contributed by atoms with Crippen molar-refractivity contribution >= 4 is 45.3 Å². The van der Waals surface area contributed by atoms with Crippen LogP contribution in [0.2, 0.25) is 0 Å². The molecular weight excluding hydrogens is 270 g/mol. The molecule has 0 radical (unpaired) electrons. The molecule has 1 unspecified atom stereocenters. The highest BCUT2D eigenvalue weighted by Crippen LogP contribution is 2.49. The molecule has 1 atom stereocenters. The van der Waals surface area contributed by atoms with Gasteiger partial charge in [-0.1, -0.05) is 0 Å². The van der Waals surface area contributed by atoms with E-state index in [-0.39, 0.29) is 4.33 Å². The molecule has 1 fully saturated rings. The van der Waals surface area contributed by atoms with Crippen LogP contribution in [0.25, 0.3) is 0 Å². The number of hydrogen-bond acceptors (Lipinski definition) is 5. The Bertz CT molecular complexity index is 550. The van der Waals surface area contributed by atoms with Crippen LogP contribution >= 0.6 is 23.5 Å². The van der Waals surface area contributed by atoms with Gasteiger partial charge in [0.15, 0.2) is 0 Å². The van der Waals surface area contributed by atoms with Crippen molar-refractivity contribution in [2.75, 3.05) is 13.7 Å². The summed E-state index contributed by atoms with van der Waals surface area (Å²) in [7, 11) is 1.79. The molecule has 0 aliphatic carbocycles. The number of hydrazone groups is 2. The summed E-state index contributed by atoms with van der Waals surface area (Å²) in [6.07, 6.45) is 0. The predicted octanol–water partition coefficient (Wildman–Crippen LogP) is 0.850. The highest BCUT2D eigenvalue weighted by molar-refractivity contribution is 8.30. The smallest absolute Gasteiger partial charge is 0.469 e. The molecule has 18 heavy (non-hydrogen) atoms. The summed E-state index contributed by atoms with van der Waals surface area (Å²) < 4.78 is 9.31. The van der Waals surface area contributed by atoms with Gasteiger partial charge in [-0.25, -0.2) is 0 Å². The minimum Gasteiger partial charge on any atom is -0.469 e. The lowest BCUT2D eigenvalue weighted by Crippen LogP contribution is -2.39. The molecule has 6 nitrogen and oxygen atoms in total. The van der Waals surface area contributed by atoms with Crippen molar-refractivity contribution in [2.45, 2.75) is 25.1 Å². The highest BCUT2D eigenvalue weighted by atomic mass is 32.2. The van der Waals surface area contributed by atoms with Gasteiger partial charge in [0.2, 0.25) is 5.17 Å². The van der Waals surface area contributed by atoms with Gasteiger partial charge >= 0.3 is 9.56 Å². The van der Waals surface area contributed by atoms with E-state index in [1.54, 1.807) is 30.6 Å². The molecule has 8 heteroatoms. The van der Waals surface area contributed by atoms with Gasteiger partial charge in [0.25, 0.3) is 11.4 Å². The van der Waals surface area contributed by atoms with Gasteiger partial charge in [-0.2, -0.15) is 0 Å². The number of aliphatic imine (C=N–C) groups is 1. The minimum absolute atomic E-state index is 0.340. The second kappa shape index (κ2) is 3.99. The highest BCUT2D eigenvalue weighted by Gasteiger charge is 2.74. The summed E-state index contributed by atoms with van der Waals surface area (Å²) in [5, 5.41) is 6.15. The number of ether oxygens (including phenoxy) is 1. The number of thioether (sulfide) groups is 2. The number of amidine groups is 1. The Morgan fingerprint density at radius 2 is 2.17 bits per heavy atom. The fourth-order valence-corrected chi connectivity index (χ4v) is 4.76. The fraction of sp³-hybridized carbons (Fsp3) is 0.600. The summed E-state index contributed by atoms with van der Waals surface area (Å²) in [6.45, 7) is 6.75. The number of hydrazine groups is 1. The molecule has 1 saturated heterocycles. The third-order valence-electron chi connectivity index (χ3n) is 3.04. The monoisotopic (exact) mass is 285 g/mol. The van der Waals surface area contributed by atoms with Crippen LogP contribution in [-0.4, -0.2) is 49.2 Å². The van der Waals surface area contributed by atoms with Crippen LogP contribution in [0.5, 0.6) is 0 Å². The second-order valence-corrected chi connectivity index (χ2v) is 6.55. The Labute approximate surface area is 114 Å². The molecule has 0 aromatic heterocycles. The third-order valence-corrected chi connectivity index (χ3v) is 5.62. The third kappa shape index (κ3) is 1.38.